The first kappa shape index (κ1) is 18.8. The largest absolute Gasteiger partial charge is 0.375 e. The van der Waals surface area contributed by atoms with Crippen molar-refractivity contribution in [3.8, 4) is 12.3 Å². The van der Waals surface area contributed by atoms with Crippen molar-refractivity contribution < 1.29 is 19.6 Å². The number of carbonyl (C=O) groups excluding carboxylic acids is 2. The molecule has 0 fully saturated rings. The molecular weight excluding hydrogens is 416 g/mol. The Bertz CT molecular complexity index is 1010. The minimum absolute atomic E-state index is 0.0740. The molecule has 1 N–H and O–H groups in total. The van der Waals surface area contributed by atoms with E-state index in [1.54, 1.807) is 12.1 Å². The molecule has 1 amide bonds. The third-order valence-electron chi connectivity index (χ3n) is 4.36. The summed E-state index contributed by atoms with van der Waals surface area (Å²) in [5, 5.41) is 22.3. The molecule has 0 saturated heterocycles. The number of halogens is 1. The van der Waals surface area contributed by atoms with Gasteiger partial charge in [0.15, 0.2) is 11.4 Å². The average molecular weight is 429 g/mol. The zero-order valence-electron chi connectivity index (χ0n) is 13.9. The predicted molar refractivity (Wildman–Crippen MR) is 101 cm³/mol. The first-order valence-electron chi connectivity index (χ1n) is 7.84. The van der Waals surface area contributed by atoms with E-state index in [0.717, 1.165) is 0 Å². The van der Waals surface area contributed by atoms with Crippen LogP contribution in [0.2, 0.25) is 0 Å². The van der Waals surface area contributed by atoms with Gasteiger partial charge < -0.3 is 5.11 Å². The van der Waals surface area contributed by atoms with Crippen molar-refractivity contribution >= 4 is 39.0 Å². The normalized spacial score (nSPS) is 18.1. The van der Waals surface area contributed by atoms with Gasteiger partial charge in [0.05, 0.1) is 29.1 Å². The number of nitro benzene ring substituents is 1. The van der Waals surface area contributed by atoms with Crippen LogP contribution in [-0.4, -0.2) is 28.3 Å². The molecule has 0 spiro atoms. The molecule has 1 unspecified atom stereocenters. The molecule has 7 nitrogen and oxygen atoms in total. The number of hydrogen-bond acceptors (Lipinski definition) is 5. The van der Waals surface area contributed by atoms with Crippen LogP contribution in [0.4, 0.5) is 11.4 Å². The number of nitro groups is 1. The maximum atomic E-state index is 12.9. The number of hydrogen-bond donors (Lipinski definition) is 1. The van der Waals surface area contributed by atoms with Gasteiger partial charge in [-0.1, -0.05) is 34.0 Å². The summed E-state index contributed by atoms with van der Waals surface area (Å²) in [5.41, 5.74) is -2.08. The molecule has 0 bridgehead atoms. The molecule has 0 saturated carbocycles. The summed E-state index contributed by atoms with van der Waals surface area (Å²) < 4.78 is 0.605. The number of carbonyl (C=O) groups is 2. The van der Waals surface area contributed by atoms with Crippen LogP contribution in [0.25, 0.3) is 0 Å². The highest BCUT2D eigenvalue weighted by Gasteiger charge is 2.51. The highest BCUT2D eigenvalue weighted by molar-refractivity contribution is 9.10. The number of anilines is 1. The molecule has 0 radical (unpaired) electrons. The fourth-order valence-electron chi connectivity index (χ4n) is 3.14. The molecule has 0 aliphatic carbocycles. The van der Waals surface area contributed by atoms with E-state index in [9.17, 15) is 24.8 Å². The SMILES string of the molecule is C#CCN1C(=O)C(O)(CC(=O)c2ccccc2[N+](=O)[O-])c2cc(Br)ccc21. The van der Waals surface area contributed by atoms with Gasteiger partial charge >= 0.3 is 0 Å². The highest BCUT2D eigenvalue weighted by atomic mass is 79.9. The average Bonchev–Trinajstić information content (AvgIpc) is 2.83. The molecule has 1 heterocycles. The Morgan fingerprint density at radius 2 is 2.04 bits per heavy atom. The first-order chi connectivity index (χ1) is 12.8. The Labute approximate surface area is 162 Å². The van der Waals surface area contributed by atoms with Crippen molar-refractivity contribution in [3.05, 3.63) is 68.2 Å². The van der Waals surface area contributed by atoms with Crippen LogP contribution in [0.15, 0.2) is 46.9 Å². The smallest absolute Gasteiger partial charge is 0.280 e. The van der Waals surface area contributed by atoms with E-state index in [2.05, 4.69) is 21.9 Å². The molecule has 2 aromatic rings. The molecule has 27 heavy (non-hydrogen) atoms. The summed E-state index contributed by atoms with van der Waals surface area (Å²) in [6.45, 7) is -0.0740. The fourth-order valence-corrected chi connectivity index (χ4v) is 3.50. The first-order valence-corrected chi connectivity index (χ1v) is 8.63. The van der Waals surface area contributed by atoms with Crippen LogP contribution in [0.3, 0.4) is 0 Å². The van der Waals surface area contributed by atoms with Gasteiger partial charge in [-0.15, -0.1) is 6.42 Å². The number of benzene rings is 2. The third kappa shape index (κ3) is 3.12. The van der Waals surface area contributed by atoms with E-state index < -0.39 is 28.6 Å². The number of nitrogens with zero attached hydrogens (tertiary/aromatic N) is 2. The van der Waals surface area contributed by atoms with Crippen LogP contribution in [0, 0.1) is 22.5 Å². The molecule has 1 aliphatic heterocycles. The lowest BCUT2D eigenvalue weighted by molar-refractivity contribution is -0.385. The van der Waals surface area contributed by atoms with Crippen molar-refractivity contribution in [1.29, 1.82) is 0 Å². The van der Waals surface area contributed by atoms with E-state index in [1.165, 1.54) is 35.2 Å². The Balaban J connectivity index is 2.05. The van der Waals surface area contributed by atoms with Crippen molar-refractivity contribution in [3.63, 3.8) is 0 Å². The minimum Gasteiger partial charge on any atom is -0.375 e. The number of ketones is 1. The second-order valence-corrected chi connectivity index (χ2v) is 6.91. The lowest BCUT2D eigenvalue weighted by atomic mass is 9.88. The van der Waals surface area contributed by atoms with Crippen molar-refractivity contribution in [2.75, 3.05) is 11.4 Å². The van der Waals surface area contributed by atoms with Crippen LogP contribution < -0.4 is 4.90 Å². The number of rotatable bonds is 5. The van der Waals surface area contributed by atoms with Crippen LogP contribution in [0.5, 0.6) is 0 Å². The summed E-state index contributed by atoms with van der Waals surface area (Å²) >= 11 is 3.28. The maximum Gasteiger partial charge on any atom is 0.280 e. The molecule has 0 aromatic heterocycles. The number of amides is 1. The van der Waals surface area contributed by atoms with Gasteiger partial charge in [-0.3, -0.25) is 24.6 Å². The monoisotopic (exact) mass is 428 g/mol. The second kappa shape index (κ2) is 6.95. The summed E-state index contributed by atoms with van der Waals surface area (Å²) in [5.74, 6) is 0.899. The maximum absolute atomic E-state index is 12.9. The van der Waals surface area contributed by atoms with Gasteiger partial charge in [0.1, 0.15) is 0 Å². The topological polar surface area (TPSA) is 101 Å². The molecule has 1 atom stereocenters. The molecule has 1 aliphatic rings. The van der Waals surface area contributed by atoms with E-state index in [1.807, 2.05) is 0 Å². The second-order valence-electron chi connectivity index (χ2n) is 5.99. The minimum atomic E-state index is -2.16. The quantitative estimate of drug-likeness (QED) is 0.341. The summed E-state index contributed by atoms with van der Waals surface area (Å²) in [7, 11) is 0. The number of terminal acetylenes is 1. The van der Waals surface area contributed by atoms with Crippen LogP contribution in [-0.2, 0) is 10.4 Å². The molecule has 8 heteroatoms. The van der Waals surface area contributed by atoms with Crippen molar-refractivity contribution in [2.45, 2.75) is 12.0 Å². The molecule has 136 valence electrons. The number of Topliss-reactive ketones (excluding diaryl/α,β-unsaturated/α-hetero) is 1. The summed E-state index contributed by atoms with van der Waals surface area (Å²) in [6.07, 6.45) is 4.68. The summed E-state index contributed by atoms with van der Waals surface area (Å²) in [6, 6.07) is 10.2. The number of aliphatic hydroxyl groups is 1. The third-order valence-corrected chi connectivity index (χ3v) is 4.85. The Morgan fingerprint density at radius 1 is 1.33 bits per heavy atom. The predicted octanol–water partition coefficient (Wildman–Crippen LogP) is 2.80. The Hall–Kier alpha value is -3.02. The van der Waals surface area contributed by atoms with Gasteiger partial charge in [-0.05, 0) is 24.3 Å². The number of fused-ring (bicyclic) bond motifs is 1. The van der Waals surface area contributed by atoms with Gasteiger partial charge in [0, 0.05) is 16.1 Å². The van der Waals surface area contributed by atoms with Gasteiger partial charge in [-0.2, -0.15) is 0 Å². The van der Waals surface area contributed by atoms with E-state index >= 15 is 0 Å². The standard InChI is InChI=1S/C19H13BrN2O5/c1-2-9-21-16-8-7-12(20)10-14(16)19(25,18(21)24)11-17(23)13-5-3-4-6-15(13)22(26)27/h1,3-8,10,25H,9,11H2. The van der Waals surface area contributed by atoms with E-state index in [-0.39, 0.29) is 23.4 Å². The molecular formula is C19H13BrN2O5. The Morgan fingerprint density at radius 3 is 2.70 bits per heavy atom. The molecule has 3 rings (SSSR count). The van der Waals surface area contributed by atoms with Crippen LogP contribution >= 0.6 is 15.9 Å². The highest BCUT2D eigenvalue weighted by Crippen LogP contribution is 2.44. The van der Waals surface area contributed by atoms with Gasteiger partial charge in [-0.25, -0.2) is 0 Å². The van der Waals surface area contributed by atoms with Gasteiger partial charge in [0.2, 0.25) is 0 Å². The molecule has 2 aromatic carbocycles. The lowest BCUT2D eigenvalue weighted by Gasteiger charge is -2.21. The lowest BCUT2D eigenvalue weighted by Crippen LogP contribution is -2.42. The number of para-hydroxylation sites is 1. The van der Waals surface area contributed by atoms with E-state index in [4.69, 9.17) is 6.42 Å². The van der Waals surface area contributed by atoms with Crippen molar-refractivity contribution in [2.24, 2.45) is 0 Å². The fraction of sp³-hybridized carbons (Fsp3) is 0.158. The zero-order valence-corrected chi connectivity index (χ0v) is 15.5. The Kier molecular flexibility index (Phi) is 4.83. The zero-order chi connectivity index (χ0) is 19.8. The summed E-state index contributed by atoms with van der Waals surface area (Å²) in [4.78, 5) is 37.3. The van der Waals surface area contributed by atoms with Crippen molar-refractivity contribution in [1.82, 2.24) is 0 Å². The van der Waals surface area contributed by atoms with Crippen LogP contribution in [0.1, 0.15) is 22.3 Å². The van der Waals surface area contributed by atoms with Gasteiger partial charge in [0.25, 0.3) is 11.6 Å². The van der Waals surface area contributed by atoms with E-state index in [0.29, 0.717) is 10.2 Å².